The van der Waals surface area contributed by atoms with E-state index in [4.69, 9.17) is 36.1 Å². The molecule has 2 heterocycles. The molecule has 0 spiro atoms. The number of hydrogen-bond acceptors (Lipinski definition) is 10. The molecule has 2 N–H and O–H groups in total. The van der Waals surface area contributed by atoms with E-state index in [1.165, 1.54) is 13.8 Å². The predicted molar refractivity (Wildman–Crippen MR) is 205 cm³/mol. The first-order valence-corrected chi connectivity index (χ1v) is 20.3. The first kappa shape index (κ1) is 50.1. The molecule has 0 saturated heterocycles. The van der Waals surface area contributed by atoms with E-state index in [0.29, 0.717) is 25.2 Å². The third kappa shape index (κ3) is 14.7. The third-order valence-electron chi connectivity index (χ3n) is 7.85. The number of benzene rings is 2. The van der Waals surface area contributed by atoms with Gasteiger partial charge in [0.05, 0.1) is 0 Å². The van der Waals surface area contributed by atoms with Crippen LogP contribution in [0.2, 0.25) is 12.1 Å². The Labute approximate surface area is 340 Å². The van der Waals surface area contributed by atoms with Gasteiger partial charge in [-0.15, -0.1) is 0 Å². The summed E-state index contributed by atoms with van der Waals surface area (Å²) in [6, 6.07) is 19.7. The number of fused-ring (bicyclic) bond motifs is 3. The number of carbonyl (C=O) groups is 4. The van der Waals surface area contributed by atoms with Gasteiger partial charge in [0, 0.05) is 135 Å². The van der Waals surface area contributed by atoms with Crippen LogP contribution in [0.4, 0.5) is 0 Å². The zero-order valence-corrected chi connectivity index (χ0v) is 36.9. The molecule has 14 nitrogen and oxygen atoms in total. The molecule has 0 fully saturated rings. The van der Waals surface area contributed by atoms with Crippen molar-refractivity contribution in [2.45, 2.75) is 38.0 Å². The molecule has 291 valence electrons. The Bertz CT molecular complexity index is 1560. The van der Waals surface area contributed by atoms with Crippen LogP contribution in [0.1, 0.15) is 25.9 Å². The van der Waals surface area contributed by atoms with Gasteiger partial charge in [-0.2, -0.15) is 0 Å². The van der Waals surface area contributed by atoms with Crippen LogP contribution in [0.15, 0.2) is 73.1 Å². The number of nitrogens with one attached hydrogen (secondary N) is 2. The molecule has 2 amide bonds. The van der Waals surface area contributed by atoms with Crippen LogP contribution in [-0.4, -0.2) is 107 Å². The van der Waals surface area contributed by atoms with Crippen molar-refractivity contribution in [3.63, 3.8) is 0 Å². The zero-order chi connectivity index (χ0) is 39.2. The summed E-state index contributed by atoms with van der Waals surface area (Å²) < 4.78 is 35.7. The molecule has 0 aliphatic rings. The number of aromatic nitrogens is 2. The van der Waals surface area contributed by atoms with Gasteiger partial charge in [0.1, 0.15) is 12.6 Å². The third-order valence-corrected chi connectivity index (χ3v) is 13.3. The fourth-order valence-corrected chi connectivity index (χ4v) is 8.21. The minimum atomic E-state index is -2.71. The Hall–Kier alpha value is -2.90. The molecule has 0 aliphatic carbocycles. The molecular weight excluding hydrogens is 793 g/mol. The van der Waals surface area contributed by atoms with Gasteiger partial charge in [-0.05, 0) is 50.2 Å². The Kier molecular flexibility index (Phi) is 25.3. The standard InChI is InChI=1S/C20H25N2O4Si.C12H21N2O4Si.2C2H4O.Y/c1-15(20(23)21-13-14-27(24-2,25-3)26-4)22-18-11-7-5-9-16(18)17-10-6-8-12-19(17)22;1-11(14-8-5-6-9-14)12(15)13-7-10-19(16-2,17-3)18-4;2*1-2-3;/h5-12,15H,1,13-14H2,2-4H3,(H,21,23);5-6,8-9,11H,1,7,10H2,2-4H3,(H,13,15);2*2H,1H3;/q2*-1;;;/t15-;11-;;;/m00.../s1. The number of para-hydroxylation sites is 2. The predicted octanol–water partition coefficient (Wildman–Crippen LogP) is 4.43. The van der Waals surface area contributed by atoms with Gasteiger partial charge in [-0.3, -0.25) is 9.59 Å². The smallest absolute Gasteiger partial charge is 0.377 e. The van der Waals surface area contributed by atoms with Crippen LogP contribution >= 0.6 is 0 Å². The van der Waals surface area contributed by atoms with Crippen molar-refractivity contribution >= 4 is 63.8 Å². The van der Waals surface area contributed by atoms with Gasteiger partial charge in [0.15, 0.2) is 0 Å². The monoisotopic (exact) mass is 847 g/mol. The maximum absolute atomic E-state index is 12.8. The van der Waals surface area contributed by atoms with Crippen LogP contribution in [0.25, 0.3) is 21.8 Å². The van der Waals surface area contributed by atoms with Gasteiger partial charge >= 0.3 is 17.6 Å². The van der Waals surface area contributed by atoms with Crippen LogP contribution < -0.4 is 10.6 Å². The largest absolute Gasteiger partial charge is 0.501 e. The molecule has 4 rings (SSSR count). The van der Waals surface area contributed by atoms with Crippen molar-refractivity contribution in [3.8, 4) is 0 Å². The minimum absolute atomic E-state index is 0. The SMILES string of the molecule is CC=O.CC=O.[CH2-][C@@H](C(=O)NCC[Si](OC)(OC)OC)n1c2ccccc2c2ccccc21.[CH2-][C@@H](C(=O)NCC[Si](OC)(OC)OC)n1cccc1.[Y]. The number of nitrogens with zero attached hydrogens (tertiary/aromatic N) is 2. The van der Waals surface area contributed by atoms with Crippen molar-refractivity contribution in [2.24, 2.45) is 0 Å². The quantitative estimate of drug-likeness (QED) is 0.0940. The van der Waals surface area contributed by atoms with E-state index in [1.807, 2.05) is 53.1 Å². The first-order chi connectivity index (χ1) is 25.0. The molecule has 17 heteroatoms. The van der Waals surface area contributed by atoms with Crippen molar-refractivity contribution in [2.75, 3.05) is 55.7 Å². The molecule has 0 bridgehead atoms. The van der Waals surface area contributed by atoms with E-state index in [-0.39, 0.29) is 44.5 Å². The summed E-state index contributed by atoms with van der Waals surface area (Å²) in [6.07, 6.45) is 5.10. The van der Waals surface area contributed by atoms with Crippen molar-refractivity contribution < 1.29 is 78.4 Å². The van der Waals surface area contributed by atoms with E-state index in [1.54, 1.807) is 59.6 Å². The maximum atomic E-state index is 12.8. The van der Waals surface area contributed by atoms with Gasteiger partial charge in [-0.25, -0.2) is 0 Å². The normalized spacial score (nSPS) is 12.0. The van der Waals surface area contributed by atoms with Gasteiger partial charge in [0.25, 0.3) is 0 Å². The molecule has 53 heavy (non-hydrogen) atoms. The van der Waals surface area contributed by atoms with Crippen molar-refractivity contribution in [3.05, 3.63) is 86.9 Å². The molecule has 0 aliphatic heterocycles. The summed E-state index contributed by atoms with van der Waals surface area (Å²) in [6.45, 7) is 11.7. The zero-order valence-electron chi connectivity index (χ0n) is 32.0. The van der Waals surface area contributed by atoms with Crippen molar-refractivity contribution in [1.29, 1.82) is 0 Å². The Morgan fingerprint density at radius 2 is 0.962 bits per heavy atom. The summed E-state index contributed by atoms with van der Waals surface area (Å²) in [5, 5.41) is 7.95. The Morgan fingerprint density at radius 1 is 0.642 bits per heavy atom. The van der Waals surface area contributed by atoms with Gasteiger partial charge in [-0.1, -0.05) is 36.4 Å². The number of carbonyl (C=O) groups excluding carboxylic acids is 4. The first-order valence-electron chi connectivity index (χ1n) is 16.4. The average Bonchev–Trinajstić information content (AvgIpc) is 3.83. The molecule has 2 aromatic carbocycles. The van der Waals surface area contributed by atoms with Crippen molar-refractivity contribution in [1.82, 2.24) is 19.8 Å². The molecular formula is C36H54N4O10Si2Y-2. The van der Waals surface area contributed by atoms with Gasteiger partial charge in [0.2, 0.25) is 11.8 Å². The second-order valence-electron chi connectivity index (χ2n) is 10.7. The second kappa shape index (κ2) is 26.8. The van der Waals surface area contributed by atoms with E-state index < -0.39 is 29.7 Å². The second-order valence-corrected chi connectivity index (χ2v) is 16.9. The fourth-order valence-electron chi connectivity index (χ4n) is 5.12. The van der Waals surface area contributed by atoms with Crippen LogP contribution in [0.3, 0.4) is 0 Å². The van der Waals surface area contributed by atoms with Crippen LogP contribution in [0.5, 0.6) is 0 Å². The summed E-state index contributed by atoms with van der Waals surface area (Å²) >= 11 is 0. The van der Waals surface area contributed by atoms with Crippen LogP contribution in [-0.2, 0) is 78.4 Å². The van der Waals surface area contributed by atoms with Crippen LogP contribution in [0, 0.1) is 13.8 Å². The van der Waals surface area contributed by atoms with E-state index in [0.717, 1.165) is 34.4 Å². The molecule has 2 atom stereocenters. The summed E-state index contributed by atoms with van der Waals surface area (Å²) in [4.78, 5) is 42.3. The number of amides is 2. The topological polar surface area (TPSA) is 158 Å². The molecule has 2 aromatic heterocycles. The number of aldehydes is 2. The molecule has 0 saturated carbocycles. The maximum Gasteiger partial charge on any atom is 0.501 e. The summed E-state index contributed by atoms with van der Waals surface area (Å²) in [7, 11) is 3.97. The number of rotatable bonds is 16. The summed E-state index contributed by atoms with van der Waals surface area (Å²) in [5.41, 5.74) is 1.98. The van der Waals surface area contributed by atoms with E-state index >= 15 is 0 Å². The Balaban J connectivity index is 0.000000912. The summed E-state index contributed by atoms with van der Waals surface area (Å²) in [5.74, 6) is -0.310. The molecule has 1 radical (unpaired) electrons. The fraction of sp³-hybridized carbons (Fsp3) is 0.389. The minimum Gasteiger partial charge on any atom is -0.377 e. The molecule has 0 unspecified atom stereocenters. The van der Waals surface area contributed by atoms with E-state index in [2.05, 4.69) is 36.6 Å². The van der Waals surface area contributed by atoms with E-state index in [9.17, 15) is 9.59 Å². The number of hydrogen-bond donors (Lipinski definition) is 2. The van der Waals surface area contributed by atoms with Gasteiger partial charge < -0.3 is 69.8 Å². The Morgan fingerprint density at radius 3 is 1.30 bits per heavy atom. The molecule has 4 aromatic rings. The average molecular weight is 848 g/mol.